The average molecular weight is 318 g/mol. The molecule has 0 radical (unpaired) electrons. The zero-order chi connectivity index (χ0) is 16.2. The molecule has 0 spiro atoms. The second kappa shape index (κ2) is 7.10. The number of aryl methyl sites for hydroxylation is 1. The lowest BCUT2D eigenvalue weighted by molar-refractivity contribution is 0.119. The van der Waals surface area contributed by atoms with Crippen LogP contribution in [0.25, 0.3) is 0 Å². The Morgan fingerprint density at radius 2 is 1.83 bits per heavy atom. The van der Waals surface area contributed by atoms with Crippen molar-refractivity contribution in [2.24, 2.45) is 7.05 Å². The summed E-state index contributed by atoms with van der Waals surface area (Å²) in [4.78, 5) is 9.14. The summed E-state index contributed by atoms with van der Waals surface area (Å²) in [5.74, 6) is 1.10. The fourth-order valence-electron chi connectivity index (χ4n) is 2.92. The summed E-state index contributed by atoms with van der Waals surface area (Å²) in [7, 11) is 3.51. The van der Waals surface area contributed by atoms with E-state index in [1.54, 1.807) is 12.1 Å². The number of benzene rings is 1. The molecular formula is C17H23FN4O. The summed E-state index contributed by atoms with van der Waals surface area (Å²) in [6.07, 6.45) is 3.81. The molecule has 5 nitrogen and oxygen atoms in total. The lowest BCUT2D eigenvalue weighted by atomic mass is 10.2. The molecular weight excluding hydrogens is 295 g/mol. The van der Waals surface area contributed by atoms with Gasteiger partial charge in [0.1, 0.15) is 5.82 Å². The van der Waals surface area contributed by atoms with Crippen molar-refractivity contribution in [3.8, 4) is 5.75 Å². The van der Waals surface area contributed by atoms with Crippen LogP contribution in [0.2, 0.25) is 0 Å². The van der Waals surface area contributed by atoms with Crippen molar-refractivity contribution in [3.63, 3.8) is 0 Å². The first-order valence-electron chi connectivity index (χ1n) is 7.89. The highest BCUT2D eigenvalue weighted by Gasteiger charge is 2.18. The molecule has 0 unspecified atom stereocenters. The van der Waals surface area contributed by atoms with Crippen LogP contribution in [0.1, 0.15) is 11.4 Å². The second-order valence-corrected chi connectivity index (χ2v) is 5.98. The third-order valence-corrected chi connectivity index (χ3v) is 4.37. The maximum atomic E-state index is 13.8. The summed E-state index contributed by atoms with van der Waals surface area (Å²) in [6, 6.07) is 5.20. The van der Waals surface area contributed by atoms with Crippen molar-refractivity contribution in [2.75, 3.05) is 33.3 Å². The Morgan fingerprint density at radius 1 is 1.13 bits per heavy atom. The molecule has 1 aromatic carbocycles. The minimum absolute atomic E-state index is 0.293. The molecule has 1 aliphatic heterocycles. The molecule has 23 heavy (non-hydrogen) atoms. The number of aromatic nitrogens is 2. The maximum absolute atomic E-state index is 13.8. The van der Waals surface area contributed by atoms with E-state index in [0.29, 0.717) is 5.75 Å². The van der Waals surface area contributed by atoms with Gasteiger partial charge in [0.05, 0.1) is 13.7 Å². The number of nitrogens with zero attached hydrogens (tertiary/aromatic N) is 4. The number of methoxy groups -OCH3 is 1. The van der Waals surface area contributed by atoms with Crippen LogP contribution in [0.4, 0.5) is 4.39 Å². The van der Waals surface area contributed by atoms with Crippen LogP contribution in [-0.2, 0) is 20.1 Å². The summed E-state index contributed by atoms with van der Waals surface area (Å²) >= 11 is 0. The maximum Gasteiger partial charge on any atom is 0.165 e. The molecule has 0 atom stereocenters. The van der Waals surface area contributed by atoms with Crippen LogP contribution >= 0.6 is 0 Å². The Kier molecular flexibility index (Phi) is 4.93. The van der Waals surface area contributed by atoms with Gasteiger partial charge in [-0.1, -0.05) is 6.07 Å². The molecule has 1 aromatic heterocycles. The molecule has 0 bridgehead atoms. The lowest BCUT2D eigenvalue weighted by Gasteiger charge is -2.34. The highest BCUT2D eigenvalue weighted by molar-refractivity contribution is 5.29. The molecule has 124 valence electrons. The average Bonchev–Trinajstić information content (AvgIpc) is 2.95. The van der Waals surface area contributed by atoms with Crippen molar-refractivity contribution in [2.45, 2.75) is 13.1 Å². The number of hydrogen-bond donors (Lipinski definition) is 0. The van der Waals surface area contributed by atoms with Gasteiger partial charge in [-0.25, -0.2) is 9.37 Å². The Bertz CT molecular complexity index is 650. The number of imidazole rings is 1. The normalized spacial score (nSPS) is 16.7. The van der Waals surface area contributed by atoms with Crippen LogP contribution in [0, 0.1) is 5.82 Å². The standard InChI is InChI=1S/C17H23FN4O/c1-20-6-5-19-17(20)13-22-9-7-21(8-10-22)12-14-3-4-16(23-2)15(18)11-14/h3-6,11H,7-10,12-13H2,1-2H3. The van der Waals surface area contributed by atoms with Crippen molar-refractivity contribution < 1.29 is 9.13 Å². The summed E-state index contributed by atoms with van der Waals surface area (Å²) in [6.45, 7) is 5.64. The molecule has 3 rings (SSSR count). The zero-order valence-electron chi connectivity index (χ0n) is 13.7. The SMILES string of the molecule is COc1ccc(CN2CCN(Cc3nccn3C)CC2)cc1F. The van der Waals surface area contributed by atoms with E-state index in [9.17, 15) is 4.39 Å². The van der Waals surface area contributed by atoms with E-state index in [-0.39, 0.29) is 5.82 Å². The predicted molar refractivity (Wildman–Crippen MR) is 86.7 cm³/mol. The highest BCUT2D eigenvalue weighted by Crippen LogP contribution is 2.19. The summed E-state index contributed by atoms with van der Waals surface area (Å²) in [5.41, 5.74) is 0.987. The third kappa shape index (κ3) is 3.89. The van der Waals surface area contributed by atoms with Crippen LogP contribution in [-0.4, -0.2) is 52.6 Å². The van der Waals surface area contributed by atoms with Gasteiger partial charge in [0.15, 0.2) is 11.6 Å². The van der Waals surface area contributed by atoms with E-state index in [4.69, 9.17) is 4.74 Å². The minimum atomic E-state index is -0.293. The van der Waals surface area contributed by atoms with Gasteiger partial charge in [-0.05, 0) is 17.7 Å². The molecule has 0 amide bonds. The van der Waals surface area contributed by atoms with Crippen molar-refractivity contribution in [1.82, 2.24) is 19.4 Å². The van der Waals surface area contributed by atoms with E-state index >= 15 is 0 Å². The van der Waals surface area contributed by atoms with Gasteiger partial charge in [-0.2, -0.15) is 0 Å². The van der Waals surface area contributed by atoms with Gasteiger partial charge in [0.25, 0.3) is 0 Å². The number of hydrogen-bond acceptors (Lipinski definition) is 4. The summed E-state index contributed by atoms with van der Waals surface area (Å²) in [5, 5.41) is 0. The monoisotopic (exact) mass is 318 g/mol. The molecule has 1 saturated heterocycles. The molecule has 1 fully saturated rings. The first-order chi connectivity index (χ1) is 11.2. The third-order valence-electron chi connectivity index (χ3n) is 4.37. The Labute approximate surface area is 136 Å². The lowest BCUT2D eigenvalue weighted by Crippen LogP contribution is -2.45. The van der Waals surface area contributed by atoms with E-state index in [1.165, 1.54) is 7.11 Å². The zero-order valence-corrected chi connectivity index (χ0v) is 13.7. The Balaban J connectivity index is 1.51. The van der Waals surface area contributed by atoms with Crippen LogP contribution in [0.5, 0.6) is 5.75 Å². The first-order valence-corrected chi connectivity index (χ1v) is 7.89. The Hall–Kier alpha value is -1.92. The van der Waals surface area contributed by atoms with Gasteiger partial charge >= 0.3 is 0 Å². The summed E-state index contributed by atoms with van der Waals surface area (Å²) < 4.78 is 20.8. The predicted octanol–water partition coefficient (Wildman–Crippen LogP) is 1.89. The number of rotatable bonds is 5. The van der Waals surface area contributed by atoms with Gasteiger partial charge in [-0.15, -0.1) is 0 Å². The fourth-order valence-corrected chi connectivity index (χ4v) is 2.92. The van der Waals surface area contributed by atoms with E-state index in [1.807, 2.05) is 25.5 Å². The van der Waals surface area contributed by atoms with Crippen molar-refractivity contribution >= 4 is 0 Å². The van der Waals surface area contributed by atoms with Gasteiger partial charge < -0.3 is 9.30 Å². The van der Waals surface area contributed by atoms with Crippen LogP contribution in [0.15, 0.2) is 30.6 Å². The fraction of sp³-hybridized carbons (Fsp3) is 0.471. The van der Waals surface area contributed by atoms with Gasteiger partial charge in [0.2, 0.25) is 0 Å². The molecule has 0 aliphatic carbocycles. The minimum Gasteiger partial charge on any atom is -0.494 e. The quantitative estimate of drug-likeness (QED) is 0.843. The molecule has 0 N–H and O–H groups in total. The smallest absolute Gasteiger partial charge is 0.165 e. The Morgan fingerprint density at radius 3 is 2.39 bits per heavy atom. The van der Waals surface area contributed by atoms with E-state index < -0.39 is 0 Å². The topological polar surface area (TPSA) is 33.5 Å². The van der Waals surface area contributed by atoms with Crippen molar-refractivity contribution in [1.29, 1.82) is 0 Å². The number of ether oxygens (including phenoxy) is 1. The van der Waals surface area contributed by atoms with E-state index in [0.717, 1.165) is 50.7 Å². The number of halogens is 1. The molecule has 6 heteroatoms. The van der Waals surface area contributed by atoms with Crippen LogP contribution < -0.4 is 4.74 Å². The largest absolute Gasteiger partial charge is 0.494 e. The van der Waals surface area contributed by atoms with Gasteiger partial charge in [-0.3, -0.25) is 9.80 Å². The number of piperazine rings is 1. The van der Waals surface area contributed by atoms with Gasteiger partial charge in [0, 0.05) is 52.2 Å². The molecule has 2 aromatic rings. The first kappa shape index (κ1) is 16.0. The molecule has 2 heterocycles. The van der Waals surface area contributed by atoms with Crippen molar-refractivity contribution in [3.05, 3.63) is 47.8 Å². The van der Waals surface area contributed by atoms with E-state index in [2.05, 4.69) is 19.4 Å². The highest BCUT2D eigenvalue weighted by atomic mass is 19.1. The molecule has 1 aliphatic rings. The second-order valence-electron chi connectivity index (χ2n) is 5.98. The molecule has 0 saturated carbocycles. The van der Waals surface area contributed by atoms with Crippen LogP contribution in [0.3, 0.4) is 0 Å².